The molecule has 2 aromatic carbocycles. The number of likely N-dealkylation sites (tertiary alicyclic amines) is 1. The number of nitrogens with zero attached hydrogens (tertiary/aromatic N) is 3. The summed E-state index contributed by atoms with van der Waals surface area (Å²) in [6, 6.07) is 7.49. The van der Waals surface area contributed by atoms with Gasteiger partial charge in [0, 0.05) is 36.6 Å². The lowest BCUT2D eigenvalue weighted by molar-refractivity contribution is 0.0711. The second-order valence-corrected chi connectivity index (χ2v) is 12.7. The van der Waals surface area contributed by atoms with Crippen molar-refractivity contribution in [3.8, 4) is 22.7 Å². The van der Waals surface area contributed by atoms with Crippen LogP contribution in [0.15, 0.2) is 36.5 Å². The summed E-state index contributed by atoms with van der Waals surface area (Å²) < 4.78 is 63.8. The normalized spacial score (nSPS) is 17.1. The zero-order valence-electron chi connectivity index (χ0n) is 22.8. The average Bonchev–Trinajstić information content (AvgIpc) is 3.35. The first-order chi connectivity index (χ1) is 19.6. The molecule has 41 heavy (non-hydrogen) atoms. The Morgan fingerprint density at radius 3 is 2.46 bits per heavy atom. The monoisotopic (exact) mass is 607 g/mol. The number of halogens is 3. The molecule has 0 saturated carbocycles. The fraction of sp³-hybridized carbons (Fsp3) is 0.429. The highest BCUT2D eigenvalue weighted by molar-refractivity contribution is 7.90. The van der Waals surface area contributed by atoms with Crippen LogP contribution in [-0.2, 0) is 10.0 Å². The van der Waals surface area contributed by atoms with Crippen LogP contribution in [-0.4, -0.2) is 73.4 Å². The number of carbonyl (C=O) groups excluding carboxylic acids is 1. The van der Waals surface area contributed by atoms with Crippen molar-refractivity contribution in [1.82, 2.24) is 24.5 Å². The maximum absolute atomic E-state index is 14.6. The van der Waals surface area contributed by atoms with E-state index in [1.807, 2.05) is 0 Å². The summed E-state index contributed by atoms with van der Waals surface area (Å²) in [5, 5.41) is 3.03. The van der Waals surface area contributed by atoms with E-state index in [0.29, 0.717) is 68.9 Å². The number of hydrogen-bond donors (Lipinski definition) is 2. The van der Waals surface area contributed by atoms with Crippen LogP contribution in [0.3, 0.4) is 0 Å². The molecule has 2 fully saturated rings. The Labute approximate surface area is 242 Å². The van der Waals surface area contributed by atoms with Crippen molar-refractivity contribution in [2.24, 2.45) is 0 Å². The minimum atomic E-state index is -3.41. The van der Waals surface area contributed by atoms with Gasteiger partial charge in [-0.1, -0.05) is 11.6 Å². The molecule has 9 nitrogen and oxygen atoms in total. The number of carbonyl (C=O) groups is 1. The van der Waals surface area contributed by atoms with Gasteiger partial charge in [0.05, 0.1) is 28.6 Å². The van der Waals surface area contributed by atoms with Crippen LogP contribution in [0.25, 0.3) is 16.9 Å². The molecular weight excluding hydrogens is 576 g/mol. The number of ether oxygens (including phenoxy) is 1. The SMILES string of the molecule is COc1ccc(-c2cn(-c3ccc(C(=O)N4CCC(NS(=O)(=O)C5CCNCC5)CC4)c(Cl)c3)c(C)n2)c(F)c1F. The number of methoxy groups -OCH3 is 1. The summed E-state index contributed by atoms with van der Waals surface area (Å²) in [7, 11) is -2.14. The van der Waals surface area contributed by atoms with E-state index >= 15 is 0 Å². The molecule has 220 valence electrons. The number of imidazole rings is 1. The summed E-state index contributed by atoms with van der Waals surface area (Å²) in [6.45, 7) is 3.92. The highest BCUT2D eigenvalue weighted by atomic mass is 35.5. The Bertz CT molecular complexity index is 1550. The predicted molar refractivity (Wildman–Crippen MR) is 152 cm³/mol. The maximum Gasteiger partial charge on any atom is 0.255 e. The minimum absolute atomic E-state index is 0.00973. The number of hydrogen-bond acceptors (Lipinski definition) is 6. The van der Waals surface area contributed by atoms with E-state index in [1.54, 1.807) is 40.8 Å². The molecule has 2 saturated heterocycles. The van der Waals surface area contributed by atoms with Crippen molar-refractivity contribution < 1.29 is 26.7 Å². The highest BCUT2D eigenvalue weighted by Crippen LogP contribution is 2.31. The van der Waals surface area contributed by atoms with E-state index in [2.05, 4.69) is 15.0 Å². The van der Waals surface area contributed by atoms with Crippen molar-refractivity contribution in [3.05, 3.63) is 64.6 Å². The minimum Gasteiger partial charge on any atom is -0.494 e. The molecule has 0 radical (unpaired) electrons. The van der Waals surface area contributed by atoms with Gasteiger partial charge in [-0.05, 0) is 76.0 Å². The molecule has 3 heterocycles. The second-order valence-electron chi connectivity index (χ2n) is 10.3. The summed E-state index contributed by atoms with van der Waals surface area (Å²) in [5.74, 6) is -2.07. The number of aryl methyl sites for hydroxylation is 1. The lowest BCUT2D eigenvalue weighted by Gasteiger charge is -2.33. The van der Waals surface area contributed by atoms with Crippen LogP contribution in [0.5, 0.6) is 5.75 Å². The number of benzene rings is 2. The Kier molecular flexibility index (Phi) is 8.65. The first-order valence-electron chi connectivity index (χ1n) is 13.5. The van der Waals surface area contributed by atoms with Crippen molar-refractivity contribution >= 4 is 27.5 Å². The lowest BCUT2D eigenvalue weighted by atomic mass is 10.0. The van der Waals surface area contributed by atoms with Crippen LogP contribution in [0.1, 0.15) is 41.9 Å². The molecule has 2 N–H and O–H groups in total. The van der Waals surface area contributed by atoms with E-state index in [1.165, 1.54) is 19.2 Å². The third-order valence-electron chi connectivity index (χ3n) is 7.72. The number of aromatic nitrogens is 2. The zero-order valence-corrected chi connectivity index (χ0v) is 24.4. The van der Waals surface area contributed by atoms with E-state index < -0.39 is 21.7 Å². The van der Waals surface area contributed by atoms with Gasteiger partial charge < -0.3 is 19.5 Å². The van der Waals surface area contributed by atoms with Gasteiger partial charge in [-0.15, -0.1) is 0 Å². The van der Waals surface area contributed by atoms with E-state index in [-0.39, 0.29) is 39.2 Å². The Hall–Kier alpha value is -3.06. The average molecular weight is 608 g/mol. The number of amides is 1. The van der Waals surface area contributed by atoms with Crippen molar-refractivity contribution in [2.75, 3.05) is 33.3 Å². The molecule has 0 bridgehead atoms. The zero-order chi connectivity index (χ0) is 29.3. The number of nitrogens with one attached hydrogen (secondary N) is 2. The molecule has 1 aromatic heterocycles. The molecule has 2 aliphatic heterocycles. The number of rotatable bonds is 7. The molecule has 0 aliphatic carbocycles. The summed E-state index contributed by atoms with van der Waals surface area (Å²) in [5.41, 5.74) is 1.15. The van der Waals surface area contributed by atoms with Gasteiger partial charge in [-0.2, -0.15) is 4.39 Å². The fourth-order valence-corrected chi connectivity index (χ4v) is 7.39. The third-order valence-corrected chi connectivity index (χ3v) is 10.0. The van der Waals surface area contributed by atoms with E-state index in [0.717, 1.165) is 0 Å². The van der Waals surface area contributed by atoms with Crippen LogP contribution < -0.4 is 14.8 Å². The second kappa shape index (κ2) is 12.0. The summed E-state index contributed by atoms with van der Waals surface area (Å²) >= 11 is 6.55. The summed E-state index contributed by atoms with van der Waals surface area (Å²) in [6.07, 6.45) is 3.80. The van der Waals surface area contributed by atoms with Crippen molar-refractivity contribution in [2.45, 2.75) is 43.9 Å². The topological polar surface area (TPSA) is 106 Å². The molecule has 0 unspecified atom stereocenters. The van der Waals surface area contributed by atoms with Crippen LogP contribution in [0.4, 0.5) is 8.78 Å². The Balaban J connectivity index is 1.26. The smallest absolute Gasteiger partial charge is 0.255 e. The van der Waals surface area contributed by atoms with Gasteiger partial charge in [0.15, 0.2) is 11.6 Å². The quantitative estimate of drug-likeness (QED) is 0.420. The van der Waals surface area contributed by atoms with Gasteiger partial charge in [-0.3, -0.25) is 4.79 Å². The highest BCUT2D eigenvalue weighted by Gasteiger charge is 2.32. The Morgan fingerprint density at radius 2 is 1.80 bits per heavy atom. The molecule has 13 heteroatoms. The van der Waals surface area contributed by atoms with Crippen LogP contribution in [0, 0.1) is 18.6 Å². The first kappa shape index (κ1) is 29.4. The number of piperidine rings is 2. The fourth-order valence-electron chi connectivity index (χ4n) is 5.38. The van der Waals surface area contributed by atoms with Gasteiger partial charge in [-0.25, -0.2) is 22.5 Å². The maximum atomic E-state index is 14.6. The molecule has 5 rings (SSSR count). The summed E-state index contributed by atoms with van der Waals surface area (Å²) in [4.78, 5) is 19.3. The first-order valence-corrected chi connectivity index (χ1v) is 15.4. The molecular formula is C28H32ClF2N5O4S. The standard InChI is InChI=1S/C28H32ClF2N5O4S/c1-17-33-24(22-5-6-25(40-2)27(31)26(22)30)16-36(17)19-3-4-21(23(29)15-19)28(37)35-13-9-18(10-14-35)34-41(38,39)20-7-11-32-12-8-20/h3-6,15-16,18,20,32,34H,7-14H2,1-2H3. The van der Waals surface area contributed by atoms with Crippen LogP contribution >= 0.6 is 11.6 Å². The van der Waals surface area contributed by atoms with Gasteiger partial charge in [0.2, 0.25) is 15.8 Å². The molecule has 0 atom stereocenters. The predicted octanol–water partition coefficient (Wildman–Crippen LogP) is 4.06. The molecule has 0 spiro atoms. The molecule has 1 amide bonds. The third kappa shape index (κ3) is 6.11. The van der Waals surface area contributed by atoms with Crippen LogP contribution in [0.2, 0.25) is 5.02 Å². The molecule has 3 aromatic rings. The molecule has 2 aliphatic rings. The van der Waals surface area contributed by atoms with Gasteiger partial charge >= 0.3 is 0 Å². The van der Waals surface area contributed by atoms with Gasteiger partial charge in [0.1, 0.15) is 5.82 Å². The largest absolute Gasteiger partial charge is 0.494 e. The van der Waals surface area contributed by atoms with E-state index in [4.69, 9.17) is 16.3 Å². The number of sulfonamides is 1. The van der Waals surface area contributed by atoms with Crippen molar-refractivity contribution in [1.29, 1.82) is 0 Å². The Morgan fingerprint density at radius 1 is 1.10 bits per heavy atom. The van der Waals surface area contributed by atoms with Gasteiger partial charge in [0.25, 0.3) is 5.91 Å². The van der Waals surface area contributed by atoms with E-state index in [9.17, 15) is 22.0 Å². The van der Waals surface area contributed by atoms with Crippen molar-refractivity contribution in [3.63, 3.8) is 0 Å². The lowest BCUT2D eigenvalue weighted by Crippen LogP contribution is -2.50.